The quantitative estimate of drug-likeness (QED) is 0.637. The predicted octanol–water partition coefficient (Wildman–Crippen LogP) is 3.35. The van der Waals surface area contributed by atoms with Gasteiger partial charge in [0.15, 0.2) is 10.1 Å². The summed E-state index contributed by atoms with van der Waals surface area (Å²) in [6, 6.07) is 5.58. The number of carbonyl (C=O) groups is 1. The second-order valence-corrected chi connectivity index (χ2v) is 6.49. The minimum Gasteiger partial charge on any atom is -0.293 e. The molecule has 0 aliphatic heterocycles. The highest BCUT2D eigenvalue weighted by atomic mass is 32.2. The van der Waals surface area contributed by atoms with Crippen molar-refractivity contribution in [3.05, 3.63) is 40.7 Å². The summed E-state index contributed by atoms with van der Waals surface area (Å²) in [5.41, 5.74) is 0.512. The van der Waals surface area contributed by atoms with Crippen LogP contribution in [0, 0.1) is 12.7 Å². The van der Waals surface area contributed by atoms with Crippen molar-refractivity contribution in [1.29, 1.82) is 0 Å². The second kappa shape index (κ2) is 5.58. The molecule has 1 aromatic heterocycles. The molecule has 0 spiro atoms. The second-order valence-electron chi connectivity index (χ2n) is 3.72. The molecule has 94 valence electrons. The van der Waals surface area contributed by atoms with Crippen molar-refractivity contribution in [3.63, 3.8) is 0 Å². The van der Waals surface area contributed by atoms with Gasteiger partial charge in [0, 0.05) is 5.56 Å². The molecule has 6 heteroatoms. The highest BCUT2D eigenvalue weighted by molar-refractivity contribution is 8.02. The van der Waals surface area contributed by atoms with Crippen LogP contribution in [0.5, 0.6) is 0 Å². The summed E-state index contributed by atoms with van der Waals surface area (Å²) in [5.74, 6) is -0.376. The minimum absolute atomic E-state index is 0.0344. The van der Waals surface area contributed by atoms with Crippen LogP contribution in [0.4, 0.5) is 4.39 Å². The van der Waals surface area contributed by atoms with E-state index in [0.717, 1.165) is 9.35 Å². The lowest BCUT2D eigenvalue weighted by molar-refractivity contribution is 0.0994. The summed E-state index contributed by atoms with van der Waals surface area (Å²) >= 11 is 2.83. The molecule has 0 N–H and O–H groups in total. The molecule has 0 aliphatic carbocycles. The maximum atomic E-state index is 12.8. The van der Waals surface area contributed by atoms with Crippen molar-refractivity contribution in [3.8, 4) is 0 Å². The lowest BCUT2D eigenvalue weighted by Gasteiger charge is -2.07. The summed E-state index contributed by atoms with van der Waals surface area (Å²) in [7, 11) is 0. The van der Waals surface area contributed by atoms with E-state index >= 15 is 0 Å². The zero-order chi connectivity index (χ0) is 13.1. The number of halogens is 1. The Balaban J connectivity index is 2.07. The number of rotatable bonds is 4. The third kappa shape index (κ3) is 3.14. The summed E-state index contributed by atoms with van der Waals surface area (Å²) in [4.78, 5) is 12.1. The summed E-state index contributed by atoms with van der Waals surface area (Å²) in [6.45, 7) is 3.68. The molecular formula is C12H11FN2OS2. The van der Waals surface area contributed by atoms with Crippen molar-refractivity contribution in [2.24, 2.45) is 0 Å². The molecule has 0 aliphatic rings. The number of nitrogens with zero attached hydrogens (tertiary/aromatic N) is 2. The average Bonchev–Trinajstić information content (AvgIpc) is 2.75. The number of hydrogen-bond acceptors (Lipinski definition) is 5. The maximum Gasteiger partial charge on any atom is 0.175 e. The number of hydrogen-bond donors (Lipinski definition) is 0. The zero-order valence-corrected chi connectivity index (χ0v) is 11.5. The summed E-state index contributed by atoms with van der Waals surface area (Å²) in [6.07, 6.45) is 0. The first-order chi connectivity index (χ1) is 8.56. The van der Waals surface area contributed by atoms with E-state index in [0.29, 0.717) is 5.56 Å². The van der Waals surface area contributed by atoms with Crippen LogP contribution in [-0.2, 0) is 0 Å². The highest BCUT2D eigenvalue weighted by Crippen LogP contribution is 2.28. The van der Waals surface area contributed by atoms with Crippen LogP contribution in [0.1, 0.15) is 22.3 Å². The number of aryl methyl sites for hydroxylation is 1. The predicted molar refractivity (Wildman–Crippen MR) is 70.7 cm³/mol. The molecule has 1 unspecified atom stereocenters. The molecular weight excluding hydrogens is 271 g/mol. The minimum atomic E-state index is -0.341. The molecule has 0 radical (unpaired) electrons. The largest absolute Gasteiger partial charge is 0.293 e. The van der Waals surface area contributed by atoms with Gasteiger partial charge in [-0.05, 0) is 38.1 Å². The molecule has 18 heavy (non-hydrogen) atoms. The van der Waals surface area contributed by atoms with Crippen LogP contribution in [0.2, 0.25) is 0 Å². The van der Waals surface area contributed by atoms with Gasteiger partial charge in [-0.25, -0.2) is 4.39 Å². The van der Waals surface area contributed by atoms with Crippen LogP contribution in [0.15, 0.2) is 28.6 Å². The lowest BCUT2D eigenvalue weighted by Crippen LogP contribution is -2.13. The van der Waals surface area contributed by atoms with E-state index in [2.05, 4.69) is 10.2 Å². The Hall–Kier alpha value is -1.27. The van der Waals surface area contributed by atoms with E-state index < -0.39 is 0 Å². The molecule has 0 saturated heterocycles. The van der Waals surface area contributed by atoms with E-state index in [4.69, 9.17) is 0 Å². The number of benzene rings is 1. The fraction of sp³-hybridized carbons (Fsp3) is 0.250. The summed E-state index contributed by atoms with van der Waals surface area (Å²) in [5, 5.41) is 8.48. The molecule has 3 nitrogen and oxygen atoms in total. The number of ketones is 1. The Labute approximate surface area is 112 Å². The molecule has 0 saturated carbocycles. The van der Waals surface area contributed by atoms with Crippen LogP contribution in [-0.4, -0.2) is 21.2 Å². The molecule has 0 fully saturated rings. The van der Waals surface area contributed by atoms with E-state index in [1.165, 1.54) is 47.4 Å². The van der Waals surface area contributed by atoms with Crippen molar-refractivity contribution >= 4 is 28.9 Å². The van der Waals surface area contributed by atoms with E-state index in [-0.39, 0.29) is 16.9 Å². The van der Waals surface area contributed by atoms with Gasteiger partial charge in [-0.15, -0.1) is 10.2 Å². The fourth-order valence-corrected chi connectivity index (χ4v) is 3.42. The standard InChI is InChI=1S/C12H11FN2OS2/c1-7(17-12-15-14-8(2)18-12)11(16)9-3-5-10(13)6-4-9/h3-7H,1-2H3. The number of thioether (sulfide) groups is 1. The van der Waals surface area contributed by atoms with E-state index in [1.807, 2.05) is 13.8 Å². The van der Waals surface area contributed by atoms with Crippen molar-refractivity contribution in [2.75, 3.05) is 0 Å². The molecule has 2 aromatic rings. The first-order valence-corrected chi connectivity index (χ1v) is 7.02. The van der Waals surface area contributed by atoms with Crippen molar-refractivity contribution < 1.29 is 9.18 Å². The van der Waals surface area contributed by atoms with Gasteiger partial charge in [0.25, 0.3) is 0 Å². The van der Waals surface area contributed by atoms with Crippen molar-refractivity contribution in [1.82, 2.24) is 10.2 Å². The monoisotopic (exact) mass is 282 g/mol. The first-order valence-electron chi connectivity index (χ1n) is 5.33. The number of carbonyl (C=O) groups excluding carboxylic acids is 1. The van der Waals surface area contributed by atoms with Gasteiger partial charge >= 0.3 is 0 Å². The van der Waals surface area contributed by atoms with E-state index in [9.17, 15) is 9.18 Å². The first kappa shape index (κ1) is 13.2. The third-order valence-corrected chi connectivity index (χ3v) is 4.31. The molecule has 2 rings (SSSR count). The smallest absolute Gasteiger partial charge is 0.175 e. The Morgan fingerprint density at radius 2 is 2.00 bits per heavy atom. The number of Topliss-reactive ketones (excluding diaryl/α,β-unsaturated/α-hetero) is 1. The topological polar surface area (TPSA) is 42.9 Å². The van der Waals surface area contributed by atoms with Crippen LogP contribution in [0.3, 0.4) is 0 Å². The maximum absolute atomic E-state index is 12.8. The molecule has 1 aromatic carbocycles. The van der Waals surface area contributed by atoms with Gasteiger partial charge in [-0.1, -0.05) is 23.1 Å². The SMILES string of the molecule is Cc1nnc(SC(C)C(=O)c2ccc(F)cc2)s1. The van der Waals surface area contributed by atoms with Gasteiger partial charge in [-0.2, -0.15) is 0 Å². The Morgan fingerprint density at radius 3 is 2.56 bits per heavy atom. The van der Waals surface area contributed by atoms with Gasteiger partial charge in [0.1, 0.15) is 10.8 Å². The van der Waals surface area contributed by atoms with Crippen LogP contribution in [0.25, 0.3) is 0 Å². The normalized spacial score (nSPS) is 12.4. The van der Waals surface area contributed by atoms with Gasteiger partial charge < -0.3 is 0 Å². The highest BCUT2D eigenvalue weighted by Gasteiger charge is 2.18. The van der Waals surface area contributed by atoms with Gasteiger partial charge in [0.05, 0.1) is 5.25 Å². The molecule has 1 heterocycles. The summed E-state index contributed by atoms with van der Waals surface area (Å²) < 4.78 is 13.5. The average molecular weight is 282 g/mol. The molecule has 0 amide bonds. The third-order valence-electron chi connectivity index (χ3n) is 2.28. The van der Waals surface area contributed by atoms with Crippen LogP contribution >= 0.6 is 23.1 Å². The number of aromatic nitrogens is 2. The fourth-order valence-electron chi connectivity index (χ4n) is 1.38. The van der Waals surface area contributed by atoms with Gasteiger partial charge in [0.2, 0.25) is 0 Å². The lowest BCUT2D eigenvalue weighted by atomic mass is 10.1. The van der Waals surface area contributed by atoms with E-state index in [1.54, 1.807) is 0 Å². The van der Waals surface area contributed by atoms with Gasteiger partial charge in [-0.3, -0.25) is 4.79 Å². The van der Waals surface area contributed by atoms with Crippen molar-refractivity contribution in [2.45, 2.75) is 23.4 Å². The molecule has 1 atom stereocenters. The Bertz CT molecular complexity index is 553. The molecule has 0 bridgehead atoms. The Kier molecular flexibility index (Phi) is 4.08. The van der Waals surface area contributed by atoms with Crippen LogP contribution < -0.4 is 0 Å². The zero-order valence-electron chi connectivity index (χ0n) is 9.88. The Morgan fingerprint density at radius 1 is 1.33 bits per heavy atom.